The molecule has 0 fully saturated rings. The minimum Gasteiger partial charge on any atom is -0.507 e. The number of aromatic amines is 1. The van der Waals surface area contributed by atoms with Gasteiger partial charge in [-0.1, -0.05) is 50.1 Å². The summed E-state index contributed by atoms with van der Waals surface area (Å²) in [5.41, 5.74) is 3.75. The number of carbonyl (C=O) groups is 1. The minimum atomic E-state index is -0.412. The van der Waals surface area contributed by atoms with Crippen molar-refractivity contribution in [3.05, 3.63) is 70.4 Å². The summed E-state index contributed by atoms with van der Waals surface area (Å²) in [5, 5.41) is 18.7. The van der Waals surface area contributed by atoms with Gasteiger partial charge >= 0.3 is 0 Å². The Morgan fingerprint density at radius 2 is 2.00 bits per heavy atom. The summed E-state index contributed by atoms with van der Waals surface area (Å²) in [4.78, 5) is 15.4. The molecule has 2 N–H and O–H groups in total. The smallest absolute Gasteiger partial charge is 0.273 e. The first-order valence-corrected chi connectivity index (χ1v) is 12.7. The monoisotopic (exact) mass is 509 g/mol. The van der Waals surface area contributed by atoms with Crippen LogP contribution in [0.15, 0.2) is 43.0 Å². The van der Waals surface area contributed by atoms with Gasteiger partial charge in [0.1, 0.15) is 23.7 Å². The lowest BCUT2D eigenvalue weighted by molar-refractivity contribution is 0.0740. The number of phenolic OH excluding ortho intramolecular Hbond substituents is 1. The molecule has 1 aromatic heterocycles. The molecule has 4 rings (SSSR count). The molecule has 0 spiro atoms. The zero-order chi connectivity index (χ0) is 25.8. The van der Waals surface area contributed by atoms with E-state index >= 15 is 0 Å². The predicted molar refractivity (Wildman–Crippen MR) is 141 cm³/mol. The van der Waals surface area contributed by atoms with Crippen LogP contribution in [-0.4, -0.2) is 45.9 Å². The summed E-state index contributed by atoms with van der Waals surface area (Å²) in [5.74, 6) is 1.15. The van der Waals surface area contributed by atoms with Crippen LogP contribution in [0.5, 0.6) is 17.2 Å². The van der Waals surface area contributed by atoms with E-state index < -0.39 is 6.04 Å². The number of aromatic nitrogens is 2. The lowest BCUT2D eigenvalue weighted by Crippen LogP contribution is -2.30. The zero-order valence-corrected chi connectivity index (χ0v) is 21.7. The second-order valence-electron chi connectivity index (χ2n) is 8.83. The maximum absolute atomic E-state index is 13.5. The van der Waals surface area contributed by atoms with Gasteiger partial charge in [0.25, 0.3) is 5.91 Å². The second-order valence-corrected chi connectivity index (χ2v) is 9.23. The second kappa shape index (κ2) is 11.1. The van der Waals surface area contributed by atoms with Crippen molar-refractivity contribution in [3.63, 3.8) is 0 Å². The van der Waals surface area contributed by atoms with E-state index in [9.17, 15) is 9.90 Å². The highest BCUT2D eigenvalue weighted by Gasteiger charge is 2.42. The number of hydrogen-bond acceptors (Lipinski definition) is 5. The number of nitrogens with one attached hydrogen (secondary N) is 1. The molecule has 0 saturated carbocycles. The third kappa shape index (κ3) is 4.80. The molecule has 0 aliphatic carbocycles. The van der Waals surface area contributed by atoms with Crippen LogP contribution in [0.25, 0.3) is 11.3 Å². The van der Waals surface area contributed by atoms with Crippen molar-refractivity contribution in [1.82, 2.24) is 15.1 Å². The van der Waals surface area contributed by atoms with Gasteiger partial charge in [-0.25, -0.2) is 0 Å². The molecule has 2 heterocycles. The number of carbonyl (C=O) groups excluding carboxylic acids is 1. The molecular weight excluding hydrogens is 478 g/mol. The lowest BCUT2D eigenvalue weighted by Gasteiger charge is -2.27. The van der Waals surface area contributed by atoms with Crippen LogP contribution >= 0.6 is 11.6 Å². The van der Waals surface area contributed by atoms with E-state index in [4.69, 9.17) is 21.1 Å². The number of ether oxygens (including phenoxy) is 2. The minimum absolute atomic E-state index is 0.0602. The maximum Gasteiger partial charge on any atom is 0.273 e. The summed E-state index contributed by atoms with van der Waals surface area (Å²) in [6, 6.07) is 8.62. The molecule has 7 nitrogen and oxygen atoms in total. The van der Waals surface area contributed by atoms with Crippen molar-refractivity contribution >= 4 is 17.5 Å². The Kier molecular flexibility index (Phi) is 7.89. The molecule has 8 heteroatoms. The summed E-state index contributed by atoms with van der Waals surface area (Å²) in [6.07, 6.45) is 4.62. The quantitative estimate of drug-likeness (QED) is 0.229. The molecule has 0 radical (unpaired) electrons. The molecule has 1 aliphatic rings. The summed E-state index contributed by atoms with van der Waals surface area (Å²) in [7, 11) is 0. The Labute approximate surface area is 216 Å². The van der Waals surface area contributed by atoms with Gasteiger partial charge < -0.3 is 19.5 Å². The van der Waals surface area contributed by atoms with Crippen molar-refractivity contribution in [2.45, 2.75) is 46.1 Å². The Hall–Kier alpha value is -3.45. The largest absolute Gasteiger partial charge is 0.507 e. The standard InChI is InChI=1S/C28H32ClN3O4/c1-5-8-9-12-32-27(18-10-11-22(36-13-6-2)23(15-18)35-7-3)24-25(30-31-26(24)28(32)34)19-16-20(29)17(4)14-21(19)33/h6,10-11,14-16,27,33H,2,5,7-9,12-13H2,1,3-4H3,(H,30,31). The lowest BCUT2D eigenvalue weighted by atomic mass is 9.95. The number of rotatable bonds is 11. The molecule has 1 unspecified atom stereocenters. The number of aryl methyl sites for hydroxylation is 1. The van der Waals surface area contributed by atoms with Crippen LogP contribution in [0.4, 0.5) is 0 Å². The van der Waals surface area contributed by atoms with Crippen LogP contribution in [0, 0.1) is 6.92 Å². The average Bonchev–Trinajstić information content (AvgIpc) is 3.40. The van der Waals surface area contributed by atoms with E-state index in [0.29, 0.717) is 58.8 Å². The van der Waals surface area contributed by atoms with Gasteiger partial charge in [-0.3, -0.25) is 9.89 Å². The molecule has 3 aromatic rings. The Balaban J connectivity index is 1.86. The Morgan fingerprint density at radius 3 is 2.72 bits per heavy atom. The number of unbranched alkanes of at least 4 members (excludes halogenated alkanes) is 2. The molecule has 1 amide bonds. The number of nitrogens with zero attached hydrogens (tertiary/aromatic N) is 2. The fraction of sp³-hybridized carbons (Fsp3) is 0.357. The highest BCUT2D eigenvalue weighted by molar-refractivity contribution is 6.31. The first kappa shape index (κ1) is 25.6. The fourth-order valence-corrected chi connectivity index (χ4v) is 4.76. The molecule has 0 bridgehead atoms. The SMILES string of the molecule is C=CCOc1ccc(C2c3c(-c4cc(Cl)c(C)cc4O)n[nH]c3C(=O)N2CCCCC)cc1OCC. The topological polar surface area (TPSA) is 87.7 Å². The van der Waals surface area contributed by atoms with Gasteiger partial charge in [0.05, 0.1) is 12.6 Å². The first-order valence-electron chi connectivity index (χ1n) is 12.3. The highest BCUT2D eigenvalue weighted by atomic mass is 35.5. The molecular formula is C28H32ClN3O4. The number of halogens is 1. The van der Waals surface area contributed by atoms with Gasteiger partial charge in [-0.05, 0) is 55.7 Å². The van der Waals surface area contributed by atoms with E-state index in [2.05, 4.69) is 23.7 Å². The van der Waals surface area contributed by atoms with Gasteiger partial charge in [0.2, 0.25) is 0 Å². The molecule has 2 aromatic carbocycles. The van der Waals surface area contributed by atoms with Crippen molar-refractivity contribution in [2.24, 2.45) is 0 Å². The Morgan fingerprint density at radius 1 is 1.19 bits per heavy atom. The van der Waals surface area contributed by atoms with Crippen LogP contribution in [-0.2, 0) is 0 Å². The third-order valence-corrected chi connectivity index (χ3v) is 6.75. The number of benzene rings is 2. The van der Waals surface area contributed by atoms with Crippen LogP contribution < -0.4 is 9.47 Å². The van der Waals surface area contributed by atoms with Gasteiger partial charge in [0.15, 0.2) is 11.5 Å². The molecule has 36 heavy (non-hydrogen) atoms. The van der Waals surface area contributed by atoms with Crippen molar-refractivity contribution in [3.8, 4) is 28.5 Å². The van der Waals surface area contributed by atoms with Crippen molar-refractivity contribution < 1.29 is 19.4 Å². The highest BCUT2D eigenvalue weighted by Crippen LogP contribution is 2.46. The van der Waals surface area contributed by atoms with E-state index in [1.807, 2.05) is 36.9 Å². The van der Waals surface area contributed by atoms with Crippen LogP contribution in [0.2, 0.25) is 5.02 Å². The van der Waals surface area contributed by atoms with Crippen LogP contribution in [0.1, 0.15) is 66.3 Å². The van der Waals surface area contributed by atoms with Gasteiger partial charge in [0, 0.05) is 22.7 Å². The van der Waals surface area contributed by atoms with Gasteiger partial charge in [-0.15, -0.1) is 0 Å². The fourth-order valence-electron chi connectivity index (χ4n) is 4.60. The van der Waals surface area contributed by atoms with E-state index in [1.54, 1.807) is 18.2 Å². The number of aromatic hydroxyl groups is 1. The van der Waals surface area contributed by atoms with Crippen molar-refractivity contribution in [1.29, 1.82) is 0 Å². The zero-order valence-electron chi connectivity index (χ0n) is 20.9. The molecule has 190 valence electrons. The van der Waals surface area contributed by atoms with E-state index in [1.165, 1.54) is 0 Å². The predicted octanol–water partition coefficient (Wildman–Crippen LogP) is 6.44. The van der Waals surface area contributed by atoms with Crippen LogP contribution in [0.3, 0.4) is 0 Å². The number of hydrogen-bond donors (Lipinski definition) is 2. The first-order chi connectivity index (χ1) is 17.4. The molecule has 0 saturated heterocycles. The third-order valence-electron chi connectivity index (χ3n) is 6.34. The Bertz CT molecular complexity index is 1270. The average molecular weight is 510 g/mol. The van der Waals surface area contributed by atoms with E-state index in [0.717, 1.165) is 30.4 Å². The number of amides is 1. The normalized spacial score (nSPS) is 14.7. The maximum atomic E-state index is 13.5. The van der Waals surface area contributed by atoms with Gasteiger partial charge in [-0.2, -0.15) is 5.10 Å². The number of fused-ring (bicyclic) bond motifs is 1. The molecule has 1 aliphatic heterocycles. The molecule has 1 atom stereocenters. The number of H-pyrrole nitrogens is 1. The summed E-state index contributed by atoms with van der Waals surface area (Å²) >= 11 is 6.40. The van der Waals surface area contributed by atoms with Crippen molar-refractivity contribution in [2.75, 3.05) is 19.8 Å². The summed E-state index contributed by atoms with van der Waals surface area (Å²) in [6.45, 7) is 11.0. The number of phenols is 1. The van der Waals surface area contributed by atoms with E-state index in [-0.39, 0.29) is 11.7 Å². The summed E-state index contributed by atoms with van der Waals surface area (Å²) < 4.78 is 11.7.